The zero-order chi connectivity index (χ0) is 9.19. The molecule has 1 aromatic rings. The van der Waals surface area contributed by atoms with Crippen molar-refractivity contribution in [2.75, 3.05) is 0 Å². The van der Waals surface area contributed by atoms with Crippen molar-refractivity contribution < 1.29 is 5.11 Å². The Morgan fingerprint density at radius 1 is 1.58 bits per heavy atom. The number of aryl methyl sites for hydroxylation is 1. The van der Waals surface area contributed by atoms with Crippen LogP contribution in [0.3, 0.4) is 0 Å². The number of rotatable bonds is 3. The number of hydrogen-bond acceptors (Lipinski definition) is 3. The van der Waals surface area contributed by atoms with Crippen LogP contribution in [0.1, 0.15) is 37.8 Å². The van der Waals surface area contributed by atoms with Crippen LogP contribution in [0.2, 0.25) is 0 Å². The van der Waals surface area contributed by atoms with Gasteiger partial charge >= 0.3 is 0 Å². The van der Waals surface area contributed by atoms with Crippen LogP contribution in [0.15, 0.2) is 5.51 Å². The van der Waals surface area contributed by atoms with Crippen LogP contribution in [-0.4, -0.2) is 10.1 Å². The lowest BCUT2D eigenvalue weighted by molar-refractivity contribution is 0.0813. The predicted molar refractivity (Wildman–Crippen MR) is 51.4 cm³/mol. The standard InChI is InChI=1S/C9H15NOS/c1-4-5-7-8(9(2,3)11)12-6-10-7/h6,11H,4-5H2,1-3H3. The van der Waals surface area contributed by atoms with Crippen LogP contribution >= 0.6 is 11.3 Å². The Kier molecular flexibility index (Phi) is 2.85. The number of thiazole rings is 1. The van der Waals surface area contributed by atoms with Gasteiger partial charge in [-0.15, -0.1) is 11.3 Å². The molecule has 12 heavy (non-hydrogen) atoms. The average Bonchev–Trinajstić information content (AvgIpc) is 2.34. The van der Waals surface area contributed by atoms with Crippen LogP contribution in [0, 0.1) is 0 Å². The molecule has 0 spiro atoms. The normalized spacial score (nSPS) is 12.0. The van der Waals surface area contributed by atoms with Crippen LogP contribution in [0.25, 0.3) is 0 Å². The van der Waals surface area contributed by atoms with Crippen molar-refractivity contribution in [3.05, 3.63) is 16.1 Å². The molecule has 3 heteroatoms. The summed E-state index contributed by atoms with van der Waals surface area (Å²) in [5, 5.41) is 9.76. The lowest BCUT2D eigenvalue weighted by Crippen LogP contribution is -2.15. The molecule has 0 aliphatic heterocycles. The minimum atomic E-state index is -0.730. The molecule has 0 aliphatic carbocycles. The van der Waals surface area contributed by atoms with Gasteiger partial charge in [-0.1, -0.05) is 13.3 Å². The van der Waals surface area contributed by atoms with Gasteiger partial charge in [0.15, 0.2) is 0 Å². The topological polar surface area (TPSA) is 33.1 Å². The third kappa shape index (κ3) is 2.05. The van der Waals surface area contributed by atoms with E-state index in [-0.39, 0.29) is 0 Å². The Hall–Kier alpha value is -0.410. The highest BCUT2D eigenvalue weighted by Crippen LogP contribution is 2.27. The van der Waals surface area contributed by atoms with Crippen molar-refractivity contribution in [1.82, 2.24) is 4.98 Å². The Labute approximate surface area is 77.3 Å². The Balaban J connectivity index is 2.91. The summed E-state index contributed by atoms with van der Waals surface area (Å²) >= 11 is 1.54. The maximum absolute atomic E-state index is 9.76. The lowest BCUT2D eigenvalue weighted by atomic mass is 10.0. The van der Waals surface area contributed by atoms with Gasteiger partial charge in [0.25, 0.3) is 0 Å². The van der Waals surface area contributed by atoms with Gasteiger partial charge in [-0.2, -0.15) is 0 Å². The molecule has 1 heterocycles. The molecule has 0 aliphatic rings. The second-order valence-electron chi connectivity index (χ2n) is 3.44. The molecule has 1 rings (SSSR count). The van der Waals surface area contributed by atoms with Crippen molar-refractivity contribution in [2.24, 2.45) is 0 Å². The molecule has 2 nitrogen and oxygen atoms in total. The van der Waals surface area contributed by atoms with E-state index in [2.05, 4.69) is 11.9 Å². The van der Waals surface area contributed by atoms with Crippen LogP contribution in [0.4, 0.5) is 0 Å². The van der Waals surface area contributed by atoms with E-state index in [4.69, 9.17) is 0 Å². The van der Waals surface area contributed by atoms with Gasteiger partial charge in [-0.3, -0.25) is 0 Å². The average molecular weight is 185 g/mol. The van der Waals surface area contributed by atoms with Crippen molar-refractivity contribution in [2.45, 2.75) is 39.2 Å². The molecule has 0 saturated carbocycles. The lowest BCUT2D eigenvalue weighted by Gasteiger charge is -2.16. The summed E-state index contributed by atoms with van der Waals surface area (Å²) < 4.78 is 0. The third-order valence-corrected chi connectivity index (χ3v) is 2.87. The van der Waals surface area contributed by atoms with Crippen molar-refractivity contribution in [1.29, 1.82) is 0 Å². The number of hydrogen-bond donors (Lipinski definition) is 1. The van der Waals surface area contributed by atoms with Crippen LogP contribution in [-0.2, 0) is 12.0 Å². The number of aromatic nitrogens is 1. The Bertz CT molecular complexity index is 249. The fourth-order valence-electron chi connectivity index (χ4n) is 1.18. The molecule has 0 radical (unpaired) electrons. The predicted octanol–water partition coefficient (Wildman–Crippen LogP) is 2.32. The van der Waals surface area contributed by atoms with Gasteiger partial charge in [0.2, 0.25) is 0 Å². The molecule has 0 unspecified atom stereocenters. The van der Waals surface area contributed by atoms with Crippen LogP contribution < -0.4 is 0 Å². The smallest absolute Gasteiger partial charge is 0.0950 e. The summed E-state index contributed by atoms with van der Waals surface area (Å²) in [6, 6.07) is 0. The highest BCUT2D eigenvalue weighted by Gasteiger charge is 2.21. The number of aliphatic hydroxyl groups is 1. The molecule has 0 amide bonds. The zero-order valence-corrected chi connectivity index (χ0v) is 8.61. The van der Waals surface area contributed by atoms with E-state index in [1.54, 1.807) is 19.4 Å². The molecule has 0 fully saturated rings. The first-order valence-electron chi connectivity index (χ1n) is 4.21. The first-order chi connectivity index (χ1) is 5.55. The Morgan fingerprint density at radius 2 is 2.25 bits per heavy atom. The molecule has 0 aromatic carbocycles. The quantitative estimate of drug-likeness (QED) is 0.784. The molecular formula is C9H15NOS. The Morgan fingerprint density at radius 3 is 2.75 bits per heavy atom. The fraction of sp³-hybridized carbons (Fsp3) is 0.667. The monoisotopic (exact) mass is 185 g/mol. The van der Waals surface area contributed by atoms with Crippen molar-refractivity contribution in [3.8, 4) is 0 Å². The fourth-order valence-corrected chi connectivity index (χ4v) is 2.05. The van der Waals surface area contributed by atoms with Gasteiger partial charge in [0.1, 0.15) is 0 Å². The summed E-state index contributed by atoms with van der Waals surface area (Å²) in [6.45, 7) is 5.73. The summed E-state index contributed by atoms with van der Waals surface area (Å²) in [5.74, 6) is 0. The summed E-state index contributed by atoms with van der Waals surface area (Å²) in [4.78, 5) is 5.23. The summed E-state index contributed by atoms with van der Waals surface area (Å²) in [6.07, 6.45) is 2.04. The van der Waals surface area contributed by atoms with E-state index in [0.717, 1.165) is 23.4 Å². The second-order valence-corrected chi connectivity index (χ2v) is 4.29. The van der Waals surface area contributed by atoms with E-state index >= 15 is 0 Å². The highest BCUT2D eigenvalue weighted by atomic mass is 32.1. The molecule has 68 valence electrons. The van der Waals surface area contributed by atoms with E-state index in [0.29, 0.717) is 0 Å². The largest absolute Gasteiger partial charge is 0.385 e. The van der Waals surface area contributed by atoms with Crippen LogP contribution in [0.5, 0.6) is 0 Å². The molecule has 1 aromatic heterocycles. The molecule has 1 N–H and O–H groups in total. The van der Waals surface area contributed by atoms with E-state index in [1.807, 2.05) is 0 Å². The zero-order valence-electron chi connectivity index (χ0n) is 7.79. The van der Waals surface area contributed by atoms with Gasteiger partial charge < -0.3 is 5.11 Å². The van der Waals surface area contributed by atoms with E-state index in [9.17, 15) is 5.11 Å². The molecule has 0 atom stereocenters. The minimum Gasteiger partial charge on any atom is -0.385 e. The van der Waals surface area contributed by atoms with Crippen molar-refractivity contribution >= 4 is 11.3 Å². The third-order valence-electron chi connectivity index (χ3n) is 1.68. The van der Waals surface area contributed by atoms with Gasteiger partial charge in [-0.05, 0) is 20.3 Å². The highest BCUT2D eigenvalue weighted by molar-refractivity contribution is 7.09. The molecule has 0 saturated heterocycles. The maximum atomic E-state index is 9.76. The second kappa shape index (κ2) is 3.54. The first kappa shape index (κ1) is 9.68. The van der Waals surface area contributed by atoms with Gasteiger partial charge in [0, 0.05) is 0 Å². The van der Waals surface area contributed by atoms with Crippen molar-refractivity contribution in [3.63, 3.8) is 0 Å². The van der Waals surface area contributed by atoms with Gasteiger partial charge in [-0.25, -0.2) is 4.98 Å². The SMILES string of the molecule is CCCc1ncsc1C(C)(C)O. The molecular weight excluding hydrogens is 170 g/mol. The first-order valence-corrected chi connectivity index (χ1v) is 5.09. The summed E-state index contributed by atoms with van der Waals surface area (Å²) in [7, 11) is 0. The maximum Gasteiger partial charge on any atom is 0.0950 e. The minimum absolute atomic E-state index is 0.730. The summed E-state index contributed by atoms with van der Waals surface area (Å²) in [5.41, 5.74) is 2.12. The van der Waals surface area contributed by atoms with E-state index < -0.39 is 5.60 Å². The van der Waals surface area contributed by atoms with Gasteiger partial charge in [0.05, 0.1) is 21.7 Å². The molecule has 0 bridgehead atoms. The van der Waals surface area contributed by atoms with E-state index in [1.165, 1.54) is 11.3 Å². The number of nitrogens with zero attached hydrogens (tertiary/aromatic N) is 1.